The maximum Gasteiger partial charge on any atom is 0.256 e. The zero-order chi connectivity index (χ0) is 23.4. The predicted molar refractivity (Wildman–Crippen MR) is 129 cm³/mol. The molecule has 0 spiro atoms. The maximum atomic E-state index is 13.4. The summed E-state index contributed by atoms with van der Waals surface area (Å²) < 4.78 is 10.7. The lowest BCUT2D eigenvalue weighted by Crippen LogP contribution is -2.14. The fourth-order valence-electron chi connectivity index (χ4n) is 3.57. The number of amides is 2. The van der Waals surface area contributed by atoms with Gasteiger partial charge in [-0.3, -0.25) is 9.59 Å². The molecule has 33 heavy (non-hydrogen) atoms. The number of methoxy groups -OCH3 is 2. The zero-order valence-corrected chi connectivity index (χ0v) is 18.5. The number of anilines is 2. The van der Waals surface area contributed by atoms with Crippen LogP contribution in [0.4, 0.5) is 11.4 Å². The summed E-state index contributed by atoms with van der Waals surface area (Å²) in [5, 5.41) is 6.35. The Labute approximate surface area is 191 Å². The quantitative estimate of drug-likeness (QED) is 0.433. The summed E-state index contributed by atoms with van der Waals surface area (Å²) in [5.74, 6) is 0.647. The van der Waals surface area contributed by atoms with Gasteiger partial charge in [-0.25, -0.2) is 4.98 Å². The normalized spacial score (nSPS) is 10.5. The Balaban J connectivity index is 1.77. The Morgan fingerprint density at radius 2 is 1.67 bits per heavy atom. The van der Waals surface area contributed by atoms with Crippen molar-refractivity contribution in [3.05, 3.63) is 78.4 Å². The molecule has 0 aliphatic rings. The Hall–Kier alpha value is -4.39. The van der Waals surface area contributed by atoms with Crippen LogP contribution in [0.15, 0.2) is 72.8 Å². The van der Waals surface area contributed by atoms with Gasteiger partial charge in [-0.2, -0.15) is 0 Å². The third-order valence-corrected chi connectivity index (χ3v) is 5.09. The number of hydrogen-bond acceptors (Lipinski definition) is 5. The third kappa shape index (κ3) is 4.77. The van der Waals surface area contributed by atoms with E-state index in [9.17, 15) is 9.59 Å². The number of para-hydroxylation sites is 1. The second-order valence-electron chi connectivity index (χ2n) is 7.35. The highest BCUT2D eigenvalue weighted by Gasteiger charge is 2.16. The van der Waals surface area contributed by atoms with Gasteiger partial charge in [0.15, 0.2) is 0 Å². The van der Waals surface area contributed by atoms with Gasteiger partial charge in [0.05, 0.1) is 36.7 Å². The molecule has 4 aromatic rings. The Bertz CT molecular complexity index is 1350. The van der Waals surface area contributed by atoms with Crippen LogP contribution in [0, 0.1) is 0 Å². The average molecular weight is 441 g/mol. The first-order valence-corrected chi connectivity index (χ1v) is 10.3. The number of nitrogens with zero attached hydrogens (tertiary/aromatic N) is 1. The average Bonchev–Trinajstić information content (AvgIpc) is 2.83. The van der Waals surface area contributed by atoms with Gasteiger partial charge in [-0.05, 0) is 42.5 Å². The molecular weight excluding hydrogens is 418 g/mol. The number of pyridine rings is 1. The number of carbonyl (C=O) groups excluding carboxylic acids is 2. The summed E-state index contributed by atoms with van der Waals surface area (Å²) in [6.45, 7) is 1.42. The molecule has 166 valence electrons. The second-order valence-corrected chi connectivity index (χ2v) is 7.35. The molecule has 2 N–H and O–H groups in total. The number of fused-ring (bicyclic) bond motifs is 1. The van der Waals surface area contributed by atoms with Crippen molar-refractivity contribution in [1.29, 1.82) is 0 Å². The molecule has 3 aromatic carbocycles. The van der Waals surface area contributed by atoms with Crippen molar-refractivity contribution in [3.8, 4) is 22.8 Å². The number of hydrogen-bond donors (Lipinski definition) is 2. The minimum Gasteiger partial charge on any atom is -0.497 e. The molecule has 0 bridgehead atoms. The van der Waals surface area contributed by atoms with E-state index in [4.69, 9.17) is 14.5 Å². The van der Waals surface area contributed by atoms with Crippen LogP contribution in [0.25, 0.3) is 22.2 Å². The minimum atomic E-state index is -0.323. The standard InChI is InChI=1S/C26H23N3O4/c1-16(30)27-18-11-12-25(33-3)24(14-18)29-26(31)21-15-23(17-7-6-8-19(13-17)32-2)28-22-10-5-4-9-20(21)22/h4-15H,1-3H3,(H,27,30)(H,29,31). The van der Waals surface area contributed by atoms with E-state index in [0.717, 1.165) is 10.9 Å². The topological polar surface area (TPSA) is 89.6 Å². The molecule has 4 rings (SSSR count). The van der Waals surface area contributed by atoms with Crippen molar-refractivity contribution in [2.45, 2.75) is 6.92 Å². The Kier molecular flexibility index (Phi) is 6.22. The Morgan fingerprint density at radius 3 is 2.42 bits per heavy atom. The van der Waals surface area contributed by atoms with E-state index in [1.807, 2.05) is 48.5 Å². The molecule has 7 nitrogen and oxygen atoms in total. The molecule has 2 amide bonds. The van der Waals surface area contributed by atoms with Crippen LogP contribution in [-0.4, -0.2) is 31.0 Å². The monoisotopic (exact) mass is 441 g/mol. The van der Waals surface area contributed by atoms with Crippen LogP contribution in [0.3, 0.4) is 0 Å². The van der Waals surface area contributed by atoms with Crippen LogP contribution in [0.5, 0.6) is 11.5 Å². The molecule has 1 heterocycles. The minimum absolute atomic E-state index is 0.208. The van der Waals surface area contributed by atoms with E-state index >= 15 is 0 Å². The summed E-state index contributed by atoms with van der Waals surface area (Å²) >= 11 is 0. The van der Waals surface area contributed by atoms with E-state index in [-0.39, 0.29) is 11.8 Å². The summed E-state index contributed by atoms with van der Waals surface area (Å²) in [7, 11) is 3.13. The lowest BCUT2D eigenvalue weighted by molar-refractivity contribution is -0.114. The van der Waals surface area contributed by atoms with Crippen molar-refractivity contribution < 1.29 is 19.1 Å². The highest BCUT2D eigenvalue weighted by atomic mass is 16.5. The number of ether oxygens (including phenoxy) is 2. The van der Waals surface area contributed by atoms with E-state index in [2.05, 4.69) is 10.6 Å². The van der Waals surface area contributed by atoms with Gasteiger partial charge in [0.2, 0.25) is 5.91 Å². The SMILES string of the molecule is COc1cccc(-c2cc(C(=O)Nc3cc(NC(C)=O)ccc3OC)c3ccccc3n2)c1. The molecule has 0 fully saturated rings. The van der Waals surface area contributed by atoms with E-state index in [0.29, 0.717) is 39.6 Å². The molecule has 0 aliphatic carbocycles. The van der Waals surface area contributed by atoms with Crippen molar-refractivity contribution in [3.63, 3.8) is 0 Å². The predicted octanol–water partition coefficient (Wildman–Crippen LogP) is 5.13. The van der Waals surface area contributed by atoms with Crippen molar-refractivity contribution >= 4 is 34.1 Å². The lowest BCUT2D eigenvalue weighted by Gasteiger charge is -2.14. The number of rotatable bonds is 6. The van der Waals surface area contributed by atoms with Gasteiger partial charge < -0.3 is 20.1 Å². The molecule has 0 atom stereocenters. The smallest absolute Gasteiger partial charge is 0.256 e. The summed E-state index contributed by atoms with van der Waals surface area (Å²) in [5.41, 5.74) is 3.64. The molecule has 0 radical (unpaired) electrons. The number of benzene rings is 3. The number of carbonyl (C=O) groups is 2. The van der Waals surface area contributed by atoms with Crippen LogP contribution in [0.2, 0.25) is 0 Å². The van der Waals surface area contributed by atoms with E-state index in [1.165, 1.54) is 14.0 Å². The summed E-state index contributed by atoms with van der Waals surface area (Å²) in [6, 6.07) is 21.8. The van der Waals surface area contributed by atoms with Crippen molar-refractivity contribution in [2.75, 3.05) is 24.9 Å². The first-order chi connectivity index (χ1) is 16.0. The molecule has 0 unspecified atom stereocenters. The van der Waals surface area contributed by atoms with Crippen molar-refractivity contribution in [1.82, 2.24) is 4.98 Å². The number of nitrogens with one attached hydrogen (secondary N) is 2. The first-order valence-electron chi connectivity index (χ1n) is 10.3. The van der Waals surface area contributed by atoms with Crippen LogP contribution < -0.4 is 20.1 Å². The van der Waals surface area contributed by atoms with Crippen LogP contribution in [-0.2, 0) is 4.79 Å². The molecule has 0 saturated heterocycles. The fourth-order valence-corrected chi connectivity index (χ4v) is 3.57. The van der Waals surface area contributed by atoms with Gasteiger partial charge in [-0.1, -0.05) is 30.3 Å². The molecule has 0 aliphatic heterocycles. The van der Waals surface area contributed by atoms with Crippen molar-refractivity contribution in [2.24, 2.45) is 0 Å². The van der Waals surface area contributed by atoms with E-state index in [1.54, 1.807) is 31.4 Å². The summed E-state index contributed by atoms with van der Waals surface area (Å²) in [6.07, 6.45) is 0. The largest absolute Gasteiger partial charge is 0.497 e. The molecule has 7 heteroatoms. The third-order valence-electron chi connectivity index (χ3n) is 5.09. The van der Waals surface area contributed by atoms with Gasteiger partial charge in [0.25, 0.3) is 5.91 Å². The fraction of sp³-hybridized carbons (Fsp3) is 0.115. The lowest BCUT2D eigenvalue weighted by atomic mass is 10.0. The summed E-state index contributed by atoms with van der Waals surface area (Å²) in [4.78, 5) is 29.6. The zero-order valence-electron chi connectivity index (χ0n) is 18.5. The van der Waals surface area contributed by atoms with Gasteiger partial charge in [-0.15, -0.1) is 0 Å². The van der Waals surface area contributed by atoms with E-state index < -0.39 is 0 Å². The molecule has 0 saturated carbocycles. The van der Waals surface area contributed by atoms with Crippen LogP contribution >= 0.6 is 0 Å². The van der Waals surface area contributed by atoms with Gasteiger partial charge in [0.1, 0.15) is 11.5 Å². The maximum absolute atomic E-state index is 13.4. The van der Waals surface area contributed by atoms with Gasteiger partial charge in [0, 0.05) is 23.6 Å². The van der Waals surface area contributed by atoms with Crippen LogP contribution in [0.1, 0.15) is 17.3 Å². The highest BCUT2D eigenvalue weighted by Crippen LogP contribution is 2.31. The Morgan fingerprint density at radius 1 is 0.848 bits per heavy atom. The second kappa shape index (κ2) is 9.40. The highest BCUT2D eigenvalue weighted by molar-refractivity contribution is 6.13. The molecule has 1 aromatic heterocycles. The first kappa shape index (κ1) is 21.8. The molecular formula is C26H23N3O4. The number of aromatic nitrogens is 1. The van der Waals surface area contributed by atoms with Gasteiger partial charge >= 0.3 is 0 Å².